The third kappa shape index (κ3) is 40.2. The number of carbonyl (C=O) groups is 2. The van der Waals surface area contributed by atoms with E-state index in [0.717, 1.165) is 57.8 Å². The number of hydrogen-bond donors (Lipinski definition) is 3. The summed E-state index contributed by atoms with van der Waals surface area (Å²) in [5.74, 6) is -1.78. The number of phosphoric ester groups is 1. The van der Waals surface area contributed by atoms with E-state index in [1.54, 1.807) is 0 Å². The van der Waals surface area contributed by atoms with Crippen LogP contribution in [0.2, 0.25) is 0 Å². The summed E-state index contributed by atoms with van der Waals surface area (Å²) < 4.78 is 33.3. The lowest BCUT2D eigenvalue weighted by Crippen LogP contribution is -2.34. The Morgan fingerprint density at radius 3 is 1.53 bits per heavy atom. The zero-order chi connectivity index (χ0) is 40.5. The predicted octanol–water partition coefficient (Wildman–Crippen LogP) is 12.1. The van der Waals surface area contributed by atoms with Crippen LogP contribution in [0.25, 0.3) is 0 Å². The number of nitrogens with two attached hydrogens (primary N) is 1. The van der Waals surface area contributed by atoms with Gasteiger partial charge in [-0.3, -0.25) is 18.6 Å². The van der Waals surface area contributed by atoms with Crippen molar-refractivity contribution in [3.63, 3.8) is 0 Å². The van der Waals surface area contributed by atoms with Crippen molar-refractivity contribution in [1.82, 2.24) is 0 Å². The van der Waals surface area contributed by atoms with E-state index < -0.39 is 45.1 Å². The maximum absolute atomic E-state index is 12.6. The van der Waals surface area contributed by atoms with E-state index in [1.165, 1.54) is 109 Å². The highest BCUT2D eigenvalue weighted by Crippen LogP contribution is 2.43. The number of carboxylic acids is 1. The lowest BCUT2D eigenvalue weighted by Gasteiger charge is -2.20. The maximum Gasteiger partial charge on any atom is 0.472 e. The summed E-state index contributed by atoms with van der Waals surface area (Å²) in [5, 5.41) is 8.89. The number of carbonyl (C=O) groups excluding carboxylic acids is 1. The van der Waals surface area contributed by atoms with Gasteiger partial charge in [0.05, 0.1) is 19.8 Å². The summed E-state index contributed by atoms with van der Waals surface area (Å²) in [4.78, 5) is 33.5. The number of rotatable bonds is 42. The third-order valence-electron chi connectivity index (χ3n) is 9.39. The molecule has 3 unspecified atom stereocenters. The first kappa shape index (κ1) is 53.2. The second kappa shape index (κ2) is 40.4. The number of phosphoric acid groups is 1. The summed E-state index contributed by atoms with van der Waals surface area (Å²) in [6, 6.07) is -1.47. The smallest absolute Gasteiger partial charge is 0.472 e. The fraction of sp³-hybridized carbons (Fsp3) is 0.818. The van der Waals surface area contributed by atoms with E-state index >= 15 is 0 Å². The Hall–Kier alpha value is -1.81. The summed E-state index contributed by atoms with van der Waals surface area (Å²) in [5.41, 5.74) is 5.35. The first-order valence-electron chi connectivity index (χ1n) is 22.0. The highest BCUT2D eigenvalue weighted by Gasteiger charge is 2.27. The van der Waals surface area contributed by atoms with E-state index in [0.29, 0.717) is 13.0 Å². The molecule has 322 valence electrons. The molecular formula is C44H82NO9P. The Balaban J connectivity index is 4.23. The molecule has 0 heterocycles. The number of allylic oxidation sites excluding steroid dienone is 6. The van der Waals surface area contributed by atoms with Crippen molar-refractivity contribution in [2.24, 2.45) is 5.73 Å². The van der Waals surface area contributed by atoms with Crippen molar-refractivity contribution in [2.45, 2.75) is 206 Å². The van der Waals surface area contributed by atoms with Crippen LogP contribution in [0.4, 0.5) is 0 Å². The minimum Gasteiger partial charge on any atom is -0.480 e. The molecule has 11 heteroatoms. The van der Waals surface area contributed by atoms with Gasteiger partial charge in [0, 0.05) is 13.0 Å². The zero-order valence-corrected chi connectivity index (χ0v) is 35.9. The van der Waals surface area contributed by atoms with Crippen molar-refractivity contribution in [3.8, 4) is 0 Å². The molecule has 55 heavy (non-hydrogen) atoms. The summed E-state index contributed by atoms with van der Waals surface area (Å²) >= 11 is 0. The topological polar surface area (TPSA) is 155 Å². The largest absolute Gasteiger partial charge is 0.480 e. The van der Waals surface area contributed by atoms with Crippen molar-refractivity contribution >= 4 is 19.8 Å². The Morgan fingerprint density at radius 2 is 1.00 bits per heavy atom. The molecule has 10 nitrogen and oxygen atoms in total. The average Bonchev–Trinajstić information content (AvgIpc) is 3.16. The molecule has 0 aromatic heterocycles. The van der Waals surface area contributed by atoms with Gasteiger partial charge in [-0.25, -0.2) is 4.57 Å². The van der Waals surface area contributed by atoms with Crippen LogP contribution in [-0.2, 0) is 32.7 Å². The van der Waals surface area contributed by atoms with Crippen molar-refractivity contribution in [3.05, 3.63) is 36.5 Å². The van der Waals surface area contributed by atoms with Gasteiger partial charge >= 0.3 is 19.8 Å². The Kier molecular flexibility index (Phi) is 39.1. The highest BCUT2D eigenvalue weighted by molar-refractivity contribution is 7.47. The third-order valence-corrected chi connectivity index (χ3v) is 10.3. The van der Waals surface area contributed by atoms with E-state index in [1.807, 2.05) is 0 Å². The van der Waals surface area contributed by atoms with E-state index in [9.17, 15) is 19.0 Å². The molecule has 0 rings (SSSR count). The predicted molar refractivity (Wildman–Crippen MR) is 226 cm³/mol. The number of carboxylic acid groups (broad SMARTS) is 1. The molecule has 0 bridgehead atoms. The van der Waals surface area contributed by atoms with Crippen LogP contribution in [0.15, 0.2) is 36.5 Å². The van der Waals surface area contributed by atoms with Gasteiger partial charge in [0.15, 0.2) is 0 Å². The van der Waals surface area contributed by atoms with Gasteiger partial charge < -0.3 is 25.2 Å². The molecule has 0 spiro atoms. The Labute approximate surface area is 336 Å². The molecule has 0 amide bonds. The van der Waals surface area contributed by atoms with E-state index in [2.05, 4.69) is 50.3 Å². The van der Waals surface area contributed by atoms with Crippen molar-refractivity contribution in [2.75, 3.05) is 26.4 Å². The fourth-order valence-electron chi connectivity index (χ4n) is 5.92. The molecule has 0 saturated carbocycles. The number of ether oxygens (including phenoxy) is 2. The summed E-state index contributed by atoms with van der Waals surface area (Å²) in [6.45, 7) is 3.83. The number of unbranched alkanes of at least 4 members (excludes halogenated alkanes) is 22. The average molecular weight is 800 g/mol. The standard InChI is InChI=1S/C44H82NO9P/c1-3-5-7-9-11-13-15-17-19-20-21-22-23-24-26-28-30-32-34-36-43(46)54-41(39-52-55(49,50)53-40-42(45)44(47)48)38-51-37-35-33-31-29-27-25-18-16-14-12-10-8-6-4-2/h11,13-14,16-17,19,41-42H,3-10,12,15,18,20-40,45H2,1-2H3,(H,47,48)(H,49,50)/b13-11-,16-14-,19-17-. The normalized spacial score (nSPS) is 14.3. The molecule has 4 N–H and O–H groups in total. The number of esters is 1. The molecule has 0 aliphatic rings. The SMILES string of the molecule is CCCCC/C=C\C/C=C\CCCCCCCCCCCC(=O)OC(COCCCCCCCC/C=C\CCCCCC)COP(=O)(O)OCC(N)C(=O)O. The molecule has 0 aliphatic heterocycles. The molecule has 0 aromatic carbocycles. The van der Waals surface area contributed by atoms with E-state index in [-0.39, 0.29) is 13.0 Å². The lowest BCUT2D eigenvalue weighted by atomic mass is 10.1. The van der Waals surface area contributed by atoms with Crippen LogP contribution in [0.3, 0.4) is 0 Å². The van der Waals surface area contributed by atoms with Crippen LogP contribution in [0, 0.1) is 0 Å². The maximum atomic E-state index is 12.6. The van der Waals surface area contributed by atoms with Gasteiger partial charge in [-0.05, 0) is 70.6 Å². The monoisotopic (exact) mass is 800 g/mol. The molecule has 3 atom stereocenters. The number of hydrogen-bond acceptors (Lipinski definition) is 8. The molecule has 0 aromatic rings. The summed E-state index contributed by atoms with van der Waals surface area (Å²) in [6.07, 6.45) is 44.7. The minimum absolute atomic E-state index is 0.0119. The quantitative estimate of drug-likeness (QED) is 0.0235. The highest BCUT2D eigenvalue weighted by atomic mass is 31.2. The zero-order valence-electron chi connectivity index (χ0n) is 35.0. The van der Waals surface area contributed by atoms with Gasteiger partial charge in [-0.2, -0.15) is 0 Å². The fourth-order valence-corrected chi connectivity index (χ4v) is 6.70. The Bertz CT molecular complexity index is 1020. The molecule has 0 aliphatic carbocycles. The van der Waals surface area contributed by atoms with Crippen molar-refractivity contribution < 1.29 is 42.7 Å². The Morgan fingerprint density at radius 1 is 0.582 bits per heavy atom. The van der Waals surface area contributed by atoms with Gasteiger partial charge in [0.1, 0.15) is 12.1 Å². The van der Waals surface area contributed by atoms with Gasteiger partial charge in [-0.15, -0.1) is 0 Å². The first-order chi connectivity index (χ1) is 26.7. The van der Waals surface area contributed by atoms with Crippen LogP contribution in [0.5, 0.6) is 0 Å². The molecule has 0 saturated heterocycles. The number of aliphatic carboxylic acids is 1. The van der Waals surface area contributed by atoms with Crippen LogP contribution >= 0.6 is 7.82 Å². The summed E-state index contributed by atoms with van der Waals surface area (Å²) in [7, 11) is -4.62. The van der Waals surface area contributed by atoms with Crippen LogP contribution < -0.4 is 5.73 Å². The first-order valence-corrected chi connectivity index (χ1v) is 23.5. The van der Waals surface area contributed by atoms with Gasteiger partial charge in [-0.1, -0.05) is 153 Å². The second-order valence-electron chi connectivity index (χ2n) is 14.8. The minimum atomic E-state index is -4.62. The lowest BCUT2D eigenvalue weighted by molar-refractivity contribution is -0.154. The van der Waals surface area contributed by atoms with Crippen molar-refractivity contribution in [1.29, 1.82) is 0 Å². The molecule has 0 radical (unpaired) electrons. The van der Waals surface area contributed by atoms with Gasteiger partial charge in [0.25, 0.3) is 0 Å². The molecular weight excluding hydrogens is 717 g/mol. The molecule has 0 fully saturated rings. The van der Waals surface area contributed by atoms with Gasteiger partial charge in [0.2, 0.25) is 0 Å². The second-order valence-corrected chi connectivity index (χ2v) is 16.3. The van der Waals surface area contributed by atoms with Crippen LogP contribution in [-0.4, -0.2) is 60.5 Å². The van der Waals surface area contributed by atoms with Crippen LogP contribution in [0.1, 0.15) is 194 Å². The van der Waals surface area contributed by atoms with E-state index in [4.69, 9.17) is 29.4 Å².